The van der Waals surface area contributed by atoms with E-state index in [2.05, 4.69) is 44.9 Å². The fraction of sp³-hybridized carbons (Fsp3) is 0.105. The Balaban J connectivity index is 1.78. The van der Waals surface area contributed by atoms with Crippen molar-refractivity contribution in [2.75, 3.05) is 11.9 Å². The van der Waals surface area contributed by atoms with Gasteiger partial charge in [-0.3, -0.25) is 0 Å². The van der Waals surface area contributed by atoms with Gasteiger partial charge in [0.2, 0.25) is 5.28 Å². The molecule has 0 saturated heterocycles. The van der Waals surface area contributed by atoms with Crippen LogP contribution in [0.1, 0.15) is 0 Å². The molecule has 4 rings (SSSR count). The van der Waals surface area contributed by atoms with Crippen LogP contribution in [-0.2, 0) is 7.05 Å². The van der Waals surface area contributed by atoms with E-state index >= 15 is 0 Å². The normalized spacial score (nSPS) is 11.0. The third-order valence-corrected chi connectivity index (χ3v) is 4.42. The number of hydrogen-bond acceptors (Lipinski definition) is 4. The lowest BCUT2D eigenvalue weighted by molar-refractivity contribution is 0.959. The third-order valence-electron chi connectivity index (χ3n) is 4.24. The first-order chi connectivity index (χ1) is 12.1. The molecule has 0 N–H and O–H groups in total. The number of nitrogens with zero attached hydrogens (tertiary/aromatic N) is 5. The molecule has 6 heteroatoms. The van der Waals surface area contributed by atoms with Crippen molar-refractivity contribution in [2.24, 2.45) is 7.05 Å². The first kappa shape index (κ1) is 15.6. The van der Waals surface area contributed by atoms with Gasteiger partial charge >= 0.3 is 0 Å². The lowest BCUT2D eigenvalue weighted by Crippen LogP contribution is -2.11. The van der Waals surface area contributed by atoms with Crippen LogP contribution in [0.25, 0.3) is 22.4 Å². The number of imidazole rings is 1. The minimum Gasteiger partial charge on any atom is -0.329 e. The van der Waals surface area contributed by atoms with Crippen molar-refractivity contribution in [3.05, 3.63) is 66.1 Å². The fourth-order valence-electron chi connectivity index (χ4n) is 2.89. The Kier molecular flexibility index (Phi) is 3.86. The summed E-state index contributed by atoms with van der Waals surface area (Å²) in [6, 6.07) is 18.2. The number of aryl methyl sites for hydroxylation is 1. The Morgan fingerprint density at radius 2 is 1.80 bits per heavy atom. The van der Waals surface area contributed by atoms with Crippen LogP contribution < -0.4 is 4.90 Å². The molecule has 2 heterocycles. The summed E-state index contributed by atoms with van der Waals surface area (Å²) in [7, 11) is 3.98. The van der Waals surface area contributed by atoms with Crippen LogP contribution in [0.5, 0.6) is 0 Å². The van der Waals surface area contributed by atoms with Crippen LogP contribution in [0.3, 0.4) is 0 Å². The zero-order valence-corrected chi connectivity index (χ0v) is 14.6. The molecule has 0 amide bonds. The Labute approximate surface area is 150 Å². The number of halogens is 1. The maximum Gasteiger partial charge on any atom is 0.224 e. The van der Waals surface area contributed by atoms with Crippen molar-refractivity contribution in [1.29, 1.82) is 0 Å². The molecule has 0 aliphatic heterocycles. The largest absolute Gasteiger partial charge is 0.329 e. The molecule has 0 radical (unpaired) electrons. The average molecular weight is 350 g/mol. The fourth-order valence-corrected chi connectivity index (χ4v) is 3.03. The first-order valence-electron chi connectivity index (χ1n) is 7.87. The highest BCUT2D eigenvalue weighted by Gasteiger charge is 2.12. The van der Waals surface area contributed by atoms with Gasteiger partial charge in [-0.05, 0) is 35.9 Å². The van der Waals surface area contributed by atoms with Crippen LogP contribution >= 0.6 is 11.6 Å². The third kappa shape index (κ3) is 2.83. The van der Waals surface area contributed by atoms with Crippen molar-refractivity contribution >= 4 is 34.1 Å². The lowest BCUT2D eigenvalue weighted by Gasteiger charge is -2.18. The van der Waals surface area contributed by atoms with E-state index < -0.39 is 0 Å². The topological polar surface area (TPSA) is 46.8 Å². The Morgan fingerprint density at radius 1 is 1.00 bits per heavy atom. The molecule has 0 atom stereocenters. The van der Waals surface area contributed by atoms with E-state index in [-0.39, 0.29) is 5.28 Å². The summed E-state index contributed by atoms with van der Waals surface area (Å²) in [4.78, 5) is 15.0. The Hall–Kier alpha value is -2.92. The van der Waals surface area contributed by atoms with Gasteiger partial charge in [0, 0.05) is 31.5 Å². The number of rotatable bonds is 3. The zero-order valence-electron chi connectivity index (χ0n) is 13.9. The molecule has 2 aromatic carbocycles. The van der Waals surface area contributed by atoms with Crippen molar-refractivity contribution in [2.45, 2.75) is 0 Å². The molecule has 0 fully saturated rings. The van der Waals surface area contributed by atoms with Gasteiger partial charge < -0.3 is 9.47 Å². The second kappa shape index (κ2) is 6.18. The van der Waals surface area contributed by atoms with E-state index in [0.717, 1.165) is 33.9 Å². The van der Waals surface area contributed by atoms with E-state index in [0.29, 0.717) is 0 Å². The van der Waals surface area contributed by atoms with Crippen LogP contribution in [0, 0.1) is 0 Å². The molecule has 2 aromatic heterocycles. The minimum atomic E-state index is 0.231. The van der Waals surface area contributed by atoms with Crippen molar-refractivity contribution in [3.8, 4) is 11.4 Å². The molecular weight excluding hydrogens is 334 g/mol. The van der Waals surface area contributed by atoms with Crippen LogP contribution in [-0.4, -0.2) is 26.6 Å². The van der Waals surface area contributed by atoms with Gasteiger partial charge in [-0.15, -0.1) is 0 Å². The van der Waals surface area contributed by atoms with E-state index in [1.807, 2.05) is 43.3 Å². The number of aromatic nitrogens is 4. The van der Waals surface area contributed by atoms with Crippen LogP contribution in [0.2, 0.25) is 5.28 Å². The SMILES string of the molecule is CN(c1ccc2c(c1)nc(-c1ccccc1)n2C)c1ccnc(Cl)n1. The molecule has 25 heavy (non-hydrogen) atoms. The lowest BCUT2D eigenvalue weighted by atomic mass is 10.2. The molecule has 124 valence electrons. The minimum absolute atomic E-state index is 0.231. The van der Waals surface area contributed by atoms with E-state index in [4.69, 9.17) is 16.6 Å². The van der Waals surface area contributed by atoms with Crippen molar-refractivity contribution < 1.29 is 0 Å². The number of fused-ring (bicyclic) bond motifs is 1. The molecular formula is C19H16ClN5. The summed E-state index contributed by atoms with van der Waals surface area (Å²) in [6.07, 6.45) is 1.65. The van der Waals surface area contributed by atoms with Crippen molar-refractivity contribution in [3.63, 3.8) is 0 Å². The molecule has 0 unspecified atom stereocenters. The molecule has 0 saturated carbocycles. The van der Waals surface area contributed by atoms with E-state index in [1.54, 1.807) is 6.20 Å². The highest BCUT2D eigenvalue weighted by atomic mass is 35.5. The second-order valence-electron chi connectivity index (χ2n) is 5.78. The van der Waals surface area contributed by atoms with E-state index in [1.165, 1.54) is 0 Å². The number of anilines is 2. The van der Waals surface area contributed by atoms with Crippen LogP contribution in [0.4, 0.5) is 11.5 Å². The van der Waals surface area contributed by atoms with Gasteiger partial charge in [-0.2, -0.15) is 0 Å². The monoisotopic (exact) mass is 349 g/mol. The summed E-state index contributed by atoms with van der Waals surface area (Å²) in [6.45, 7) is 0. The summed E-state index contributed by atoms with van der Waals surface area (Å²) < 4.78 is 2.11. The maximum absolute atomic E-state index is 5.90. The average Bonchev–Trinajstić information content (AvgIpc) is 2.98. The summed E-state index contributed by atoms with van der Waals surface area (Å²) in [5.41, 5.74) is 4.10. The predicted molar refractivity (Wildman–Crippen MR) is 101 cm³/mol. The molecule has 0 bridgehead atoms. The molecule has 4 aromatic rings. The van der Waals surface area contributed by atoms with Gasteiger partial charge in [0.1, 0.15) is 11.6 Å². The van der Waals surface area contributed by atoms with Crippen molar-refractivity contribution in [1.82, 2.24) is 19.5 Å². The highest BCUT2D eigenvalue weighted by Crippen LogP contribution is 2.29. The highest BCUT2D eigenvalue weighted by molar-refractivity contribution is 6.28. The molecule has 0 aliphatic carbocycles. The summed E-state index contributed by atoms with van der Waals surface area (Å²) in [5, 5.41) is 0.231. The van der Waals surface area contributed by atoms with Gasteiger partial charge in [0.25, 0.3) is 0 Å². The summed E-state index contributed by atoms with van der Waals surface area (Å²) in [5.74, 6) is 1.68. The molecule has 5 nitrogen and oxygen atoms in total. The van der Waals surface area contributed by atoms with Gasteiger partial charge in [0.05, 0.1) is 11.0 Å². The van der Waals surface area contributed by atoms with Crippen LogP contribution in [0.15, 0.2) is 60.8 Å². The predicted octanol–water partition coefficient (Wildman–Crippen LogP) is 4.45. The van der Waals surface area contributed by atoms with Gasteiger partial charge in [0.15, 0.2) is 0 Å². The maximum atomic E-state index is 5.90. The molecule has 0 aliphatic rings. The Bertz CT molecular complexity index is 1040. The Morgan fingerprint density at radius 3 is 2.56 bits per heavy atom. The summed E-state index contributed by atoms with van der Waals surface area (Å²) >= 11 is 5.90. The quantitative estimate of drug-likeness (QED) is 0.512. The first-order valence-corrected chi connectivity index (χ1v) is 8.25. The van der Waals surface area contributed by atoms with Gasteiger partial charge in [-0.1, -0.05) is 30.3 Å². The standard InChI is InChI=1S/C19H16ClN5/c1-24(17-10-11-21-19(20)23-17)14-8-9-16-15(12-14)22-18(25(16)2)13-6-4-3-5-7-13/h3-12H,1-2H3. The van der Waals surface area contributed by atoms with E-state index in [9.17, 15) is 0 Å². The number of benzene rings is 2. The van der Waals surface area contributed by atoms with Gasteiger partial charge in [-0.25, -0.2) is 15.0 Å². The molecule has 0 spiro atoms. The second-order valence-corrected chi connectivity index (χ2v) is 6.11. The smallest absolute Gasteiger partial charge is 0.224 e. The zero-order chi connectivity index (χ0) is 17.4. The number of hydrogen-bond donors (Lipinski definition) is 0.